The fraction of sp³-hybridized carbons (Fsp3) is 0.182. The van der Waals surface area contributed by atoms with Crippen LogP contribution < -0.4 is 15.8 Å². The number of aryl methyl sites for hydroxylation is 1. The van der Waals surface area contributed by atoms with Crippen molar-refractivity contribution in [2.24, 2.45) is 0 Å². The van der Waals surface area contributed by atoms with Crippen molar-refractivity contribution in [3.63, 3.8) is 0 Å². The third kappa shape index (κ3) is 2.62. The molecular weight excluding hydrogens is 237 g/mol. The summed E-state index contributed by atoms with van der Waals surface area (Å²) < 4.78 is 18.2. The van der Waals surface area contributed by atoms with Crippen molar-refractivity contribution in [3.05, 3.63) is 29.6 Å². The lowest BCUT2D eigenvalue weighted by Crippen LogP contribution is -2.05. The number of hydrogen-bond acceptors (Lipinski definition) is 6. The van der Waals surface area contributed by atoms with Gasteiger partial charge < -0.3 is 15.8 Å². The first kappa shape index (κ1) is 12.0. The van der Waals surface area contributed by atoms with Crippen LogP contribution in [0.25, 0.3) is 0 Å². The van der Waals surface area contributed by atoms with Crippen LogP contribution in [0.1, 0.15) is 5.56 Å². The van der Waals surface area contributed by atoms with Crippen molar-refractivity contribution in [1.29, 1.82) is 0 Å². The van der Waals surface area contributed by atoms with E-state index in [2.05, 4.69) is 20.3 Å². The average Bonchev–Trinajstić information content (AvgIpc) is 2.33. The van der Waals surface area contributed by atoms with Gasteiger partial charge in [0.1, 0.15) is 5.82 Å². The molecule has 0 radical (unpaired) electrons. The molecule has 0 saturated carbocycles. The maximum Gasteiger partial charge on any atom is 0.322 e. The predicted molar refractivity (Wildman–Crippen MR) is 65.2 cm³/mol. The highest BCUT2D eigenvalue weighted by atomic mass is 19.1. The Bertz CT molecular complexity index is 575. The number of ether oxygens (including phenoxy) is 1. The van der Waals surface area contributed by atoms with Gasteiger partial charge in [-0.25, -0.2) is 4.39 Å². The Morgan fingerprint density at radius 1 is 1.28 bits per heavy atom. The highest BCUT2D eigenvalue weighted by Crippen LogP contribution is 2.18. The Labute approximate surface area is 103 Å². The Kier molecular flexibility index (Phi) is 3.22. The van der Waals surface area contributed by atoms with Crippen molar-refractivity contribution in [3.8, 4) is 6.01 Å². The van der Waals surface area contributed by atoms with E-state index >= 15 is 0 Å². The van der Waals surface area contributed by atoms with Gasteiger partial charge in [0.15, 0.2) is 0 Å². The summed E-state index contributed by atoms with van der Waals surface area (Å²) in [7, 11) is 1.42. The zero-order valence-electron chi connectivity index (χ0n) is 9.94. The van der Waals surface area contributed by atoms with Crippen LogP contribution in [-0.4, -0.2) is 22.1 Å². The van der Waals surface area contributed by atoms with Gasteiger partial charge in [-0.2, -0.15) is 15.0 Å². The Morgan fingerprint density at radius 3 is 2.72 bits per heavy atom. The number of nitrogens with zero attached hydrogens (tertiary/aromatic N) is 3. The number of nitrogens with one attached hydrogen (secondary N) is 1. The molecular formula is C11H12FN5O. The van der Waals surface area contributed by atoms with Crippen molar-refractivity contribution >= 4 is 17.6 Å². The van der Waals surface area contributed by atoms with Gasteiger partial charge in [0.05, 0.1) is 7.11 Å². The molecule has 0 fully saturated rings. The van der Waals surface area contributed by atoms with Crippen molar-refractivity contribution < 1.29 is 9.13 Å². The number of nitrogen functional groups attached to an aromatic ring is 1. The summed E-state index contributed by atoms with van der Waals surface area (Å²) >= 11 is 0. The summed E-state index contributed by atoms with van der Waals surface area (Å²) in [6.07, 6.45) is 0. The molecule has 7 heteroatoms. The second kappa shape index (κ2) is 4.82. The number of anilines is 3. The Hall–Kier alpha value is -2.44. The van der Waals surface area contributed by atoms with Gasteiger partial charge in [0, 0.05) is 5.69 Å². The smallest absolute Gasteiger partial charge is 0.322 e. The normalized spacial score (nSPS) is 10.2. The van der Waals surface area contributed by atoms with E-state index in [4.69, 9.17) is 10.5 Å². The number of methoxy groups -OCH3 is 1. The Balaban J connectivity index is 2.27. The first-order valence-electron chi connectivity index (χ1n) is 5.17. The molecule has 3 N–H and O–H groups in total. The molecule has 0 bridgehead atoms. The minimum absolute atomic E-state index is 0.0249. The van der Waals surface area contributed by atoms with E-state index in [0.717, 1.165) is 0 Å². The molecule has 2 rings (SSSR count). The second-order valence-corrected chi connectivity index (χ2v) is 3.59. The van der Waals surface area contributed by atoms with Crippen LogP contribution in [0.15, 0.2) is 18.2 Å². The first-order chi connectivity index (χ1) is 8.58. The van der Waals surface area contributed by atoms with Gasteiger partial charge >= 0.3 is 6.01 Å². The van der Waals surface area contributed by atoms with Crippen molar-refractivity contribution in [2.75, 3.05) is 18.2 Å². The van der Waals surface area contributed by atoms with Crippen molar-refractivity contribution in [2.45, 2.75) is 6.92 Å². The predicted octanol–water partition coefficient (Wildman–Crippen LogP) is 1.65. The molecule has 0 unspecified atom stereocenters. The SMILES string of the molecule is COc1nc(N)nc(Nc2ccc(C)c(F)c2)n1. The molecule has 1 aromatic carbocycles. The minimum atomic E-state index is -0.311. The van der Waals surface area contributed by atoms with Crippen LogP contribution >= 0.6 is 0 Å². The van der Waals surface area contributed by atoms with Crippen LogP contribution in [0.2, 0.25) is 0 Å². The molecule has 1 heterocycles. The summed E-state index contributed by atoms with van der Waals surface area (Å²) in [5.41, 5.74) is 6.57. The number of benzene rings is 1. The minimum Gasteiger partial charge on any atom is -0.467 e. The monoisotopic (exact) mass is 249 g/mol. The van der Waals surface area contributed by atoms with Crippen LogP contribution in [-0.2, 0) is 0 Å². The number of aromatic nitrogens is 3. The first-order valence-corrected chi connectivity index (χ1v) is 5.17. The summed E-state index contributed by atoms with van der Waals surface area (Å²) in [4.78, 5) is 11.6. The largest absolute Gasteiger partial charge is 0.467 e. The molecule has 0 aliphatic heterocycles. The molecule has 1 aromatic heterocycles. The summed E-state index contributed by atoms with van der Waals surface area (Å²) in [5.74, 6) is -0.0893. The molecule has 0 spiro atoms. The lowest BCUT2D eigenvalue weighted by molar-refractivity contribution is 0.380. The number of nitrogens with two attached hydrogens (primary N) is 1. The van der Waals surface area contributed by atoms with E-state index in [1.165, 1.54) is 13.2 Å². The van der Waals surface area contributed by atoms with E-state index in [0.29, 0.717) is 11.3 Å². The zero-order valence-corrected chi connectivity index (χ0v) is 9.94. The molecule has 0 amide bonds. The van der Waals surface area contributed by atoms with Crippen LogP contribution in [0.5, 0.6) is 6.01 Å². The zero-order chi connectivity index (χ0) is 13.1. The molecule has 0 saturated heterocycles. The molecule has 18 heavy (non-hydrogen) atoms. The third-order valence-electron chi connectivity index (χ3n) is 2.24. The van der Waals surface area contributed by atoms with E-state index in [1.54, 1.807) is 19.1 Å². The highest BCUT2D eigenvalue weighted by Gasteiger charge is 2.06. The number of hydrogen-bond donors (Lipinski definition) is 2. The summed E-state index contributed by atoms with van der Waals surface area (Å²) in [5, 5.41) is 2.83. The quantitative estimate of drug-likeness (QED) is 0.860. The van der Waals surface area contributed by atoms with Gasteiger partial charge in [-0.3, -0.25) is 0 Å². The Morgan fingerprint density at radius 2 is 2.06 bits per heavy atom. The van der Waals surface area contributed by atoms with Gasteiger partial charge in [-0.15, -0.1) is 0 Å². The van der Waals surface area contributed by atoms with Gasteiger partial charge in [-0.1, -0.05) is 6.07 Å². The average molecular weight is 249 g/mol. The molecule has 0 atom stereocenters. The van der Waals surface area contributed by atoms with E-state index in [-0.39, 0.29) is 23.7 Å². The van der Waals surface area contributed by atoms with E-state index < -0.39 is 0 Å². The number of rotatable bonds is 3. The lowest BCUT2D eigenvalue weighted by Gasteiger charge is -2.07. The van der Waals surface area contributed by atoms with E-state index in [1.807, 2.05) is 0 Å². The van der Waals surface area contributed by atoms with Gasteiger partial charge in [0.2, 0.25) is 11.9 Å². The van der Waals surface area contributed by atoms with Gasteiger partial charge in [0.25, 0.3) is 0 Å². The summed E-state index contributed by atoms with van der Waals surface area (Å²) in [6.45, 7) is 1.68. The standard InChI is InChI=1S/C11H12FN5O/c1-6-3-4-7(5-8(6)12)14-10-15-9(13)16-11(17-10)18-2/h3-5H,1-2H3,(H3,13,14,15,16,17). The van der Waals surface area contributed by atoms with Crippen LogP contribution in [0.3, 0.4) is 0 Å². The fourth-order valence-corrected chi connectivity index (χ4v) is 1.32. The molecule has 6 nitrogen and oxygen atoms in total. The topological polar surface area (TPSA) is 86.0 Å². The molecule has 0 aliphatic rings. The van der Waals surface area contributed by atoms with Crippen LogP contribution in [0.4, 0.5) is 22.0 Å². The maximum absolute atomic E-state index is 13.4. The fourth-order valence-electron chi connectivity index (χ4n) is 1.32. The second-order valence-electron chi connectivity index (χ2n) is 3.59. The lowest BCUT2D eigenvalue weighted by atomic mass is 10.2. The van der Waals surface area contributed by atoms with Gasteiger partial charge in [-0.05, 0) is 24.6 Å². The summed E-state index contributed by atoms with van der Waals surface area (Å²) in [6, 6.07) is 4.81. The maximum atomic E-state index is 13.4. The molecule has 2 aromatic rings. The van der Waals surface area contributed by atoms with Crippen LogP contribution in [0, 0.1) is 12.7 Å². The number of halogens is 1. The van der Waals surface area contributed by atoms with E-state index in [9.17, 15) is 4.39 Å². The van der Waals surface area contributed by atoms with Crippen molar-refractivity contribution in [1.82, 2.24) is 15.0 Å². The molecule has 94 valence electrons. The molecule has 0 aliphatic carbocycles. The third-order valence-corrected chi connectivity index (χ3v) is 2.24. The highest BCUT2D eigenvalue weighted by molar-refractivity contribution is 5.54.